The number of thioether (sulfide) groups is 1. The number of carbonyl (C=O) groups is 1. The topological polar surface area (TPSA) is 77.2 Å². The number of aromatic amines is 1. The Morgan fingerprint density at radius 1 is 1.40 bits per heavy atom. The van der Waals surface area contributed by atoms with E-state index in [2.05, 4.69) is 25.2 Å². The zero-order valence-corrected chi connectivity index (χ0v) is 15.1. The zero-order chi connectivity index (χ0) is 17.2. The number of rotatable bonds is 3. The van der Waals surface area contributed by atoms with Gasteiger partial charge in [0.15, 0.2) is 0 Å². The lowest BCUT2D eigenvalue weighted by Gasteiger charge is -2.34. The molecule has 4 heterocycles. The Morgan fingerprint density at radius 3 is 3.20 bits per heavy atom. The molecule has 0 bridgehead atoms. The fraction of sp³-hybridized carbons (Fsp3) is 0.471. The van der Waals surface area contributed by atoms with Crippen LogP contribution in [0.25, 0.3) is 11.0 Å². The second kappa shape index (κ2) is 7.05. The third-order valence-electron chi connectivity index (χ3n) is 4.80. The highest BCUT2D eigenvalue weighted by atomic mass is 32.2. The van der Waals surface area contributed by atoms with E-state index in [1.807, 2.05) is 30.4 Å². The van der Waals surface area contributed by atoms with Gasteiger partial charge < -0.3 is 20.1 Å². The van der Waals surface area contributed by atoms with Crippen molar-refractivity contribution < 1.29 is 4.79 Å². The Kier molecular flexibility index (Phi) is 4.63. The minimum absolute atomic E-state index is 0.133. The van der Waals surface area contributed by atoms with Gasteiger partial charge in [0.1, 0.15) is 17.8 Å². The van der Waals surface area contributed by atoms with Crippen molar-refractivity contribution in [1.29, 1.82) is 0 Å². The number of likely N-dealkylation sites (tertiary alicyclic amines) is 1. The van der Waals surface area contributed by atoms with Crippen molar-refractivity contribution in [2.75, 3.05) is 37.3 Å². The molecule has 0 aromatic carbocycles. The third kappa shape index (κ3) is 3.23. The lowest BCUT2D eigenvalue weighted by atomic mass is 10.1. The molecular formula is C17H22N6OS. The first-order valence-corrected chi connectivity index (χ1v) is 9.60. The number of hydrogen-bond donors (Lipinski definition) is 2. The van der Waals surface area contributed by atoms with Crippen molar-refractivity contribution in [3.63, 3.8) is 0 Å². The monoisotopic (exact) mass is 358 g/mol. The summed E-state index contributed by atoms with van der Waals surface area (Å²) in [4.78, 5) is 29.6. The number of nitrogens with zero attached hydrogens (tertiary/aromatic N) is 4. The van der Waals surface area contributed by atoms with Crippen LogP contribution in [-0.4, -0.2) is 64.2 Å². The molecule has 7 nitrogen and oxygen atoms in total. The van der Waals surface area contributed by atoms with Gasteiger partial charge in [0.2, 0.25) is 0 Å². The van der Waals surface area contributed by atoms with Crippen LogP contribution in [0.2, 0.25) is 0 Å². The summed E-state index contributed by atoms with van der Waals surface area (Å²) in [6.07, 6.45) is 7.56. The molecule has 1 amide bonds. The predicted molar refractivity (Wildman–Crippen MR) is 100 cm³/mol. The van der Waals surface area contributed by atoms with Crippen LogP contribution in [-0.2, 0) is 4.79 Å². The fourth-order valence-electron chi connectivity index (χ4n) is 3.42. The van der Waals surface area contributed by atoms with E-state index in [9.17, 15) is 4.79 Å². The SMILES string of the molecule is CN[C@H]1CCCN(C(=O)C2=CN(c3ncnc4[nH]ccc34)CCS2)C1. The van der Waals surface area contributed by atoms with Crippen LogP contribution >= 0.6 is 11.8 Å². The molecule has 1 fully saturated rings. The van der Waals surface area contributed by atoms with Gasteiger partial charge in [-0.05, 0) is 26.0 Å². The largest absolute Gasteiger partial charge is 0.346 e. The van der Waals surface area contributed by atoms with Gasteiger partial charge in [0, 0.05) is 43.8 Å². The molecule has 0 spiro atoms. The van der Waals surface area contributed by atoms with E-state index < -0.39 is 0 Å². The molecule has 1 saturated heterocycles. The zero-order valence-electron chi connectivity index (χ0n) is 14.2. The maximum absolute atomic E-state index is 12.9. The van der Waals surface area contributed by atoms with Crippen LogP contribution in [0, 0.1) is 0 Å². The first kappa shape index (κ1) is 16.4. The van der Waals surface area contributed by atoms with E-state index in [-0.39, 0.29) is 5.91 Å². The molecule has 132 valence electrons. The summed E-state index contributed by atoms with van der Waals surface area (Å²) in [5, 5.41) is 4.27. The Hall–Kier alpha value is -2.06. The van der Waals surface area contributed by atoms with E-state index in [0.29, 0.717) is 6.04 Å². The maximum Gasteiger partial charge on any atom is 0.261 e. The molecule has 2 N–H and O–H groups in total. The molecule has 25 heavy (non-hydrogen) atoms. The minimum atomic E-state index is 0.133. The van der Waals surface area contributed by atoms with Crippen molar-refractivity contribution >= 4 is 34.5 Å². The van der Waals surface area contributed by atoms with E-state index in [4.69, 9.17) is 0 Å². The molecular weight excluding hydrogens is 336 g/mol. The van der Waals surface area contributed by atoms with Crippen LogP contribution < -0.4 is 10.2 Å². The van der Waals surface area contributed by atoms with Crippen molar-refractivity contribution in [2.45, 2.75) is 18.9 Å². The highest BCUT2D eigenvalue weighted by Crippen LogP contribution is 2.30. The number of nitrogens with one attached hydrogen (secondary N) is 2. The van der Waals surface area contributed by atoms with E-state index in [0.717, 1.165) is 60.0 Å². The number of fused-ring (bicyclic) bond motifs is 1. The van der Waals surface area contributed by atoms with E-state index in [1.165, 1.54) is 0 Å². The molecule has 2 aromatic rings. The summed E-state index contributed by atoms with van der Waals surface area (Å²) in [7, 11) is 1.96. The van der Waals surface area contributed by atoms with Crippen LogP contribution in [0.1, 0.15) is 12.8 Å². The molecule has 1 atom stereocenters. The molecule has 2 aromatic heterocycles. The average Bonchev–Trinajstić information content (AvgIpc) is 3.16. The normalized spacial score (nSPS) is 21.5. The molecule has 0 unspecified atom stereocenters. The van der Waals surface area contributed by atoms with Crippen LogP contribution in [0.5, 0.6) is 0 Å². The summed E-state index contributed by atoms with van der Waals surface area (Å²) in [5.74, 6) is 1.86. The smallest absolute Gasteiger partial charge is 0.261 e. The van der Waals surface area contributed by atoms with Gasteiger partial charge in [-0.1, -0.05) is 0 Å². The first-order chi connectivity index (χ1) is 12.3. The highest BCUT2D eigenvalue weighted by molar-refractivity contribution is 8.04. The summed E-state index contributed by atoms with van der Waals surface area (Å²) >= 11 is 1.64. The van der Waals surface area contributed by atoms with E-state index >= 15 is 0 Å². The number of likely N-dealkylation sites (N-methyl/N-ethyl adjacent to an activating group) is 1. The molecule has 8 heteroatoms. The van der Waals surface area contributed by atoms with Gasteiger partial charge >= 0.3 is 0 Å². The van der Waals surface area contributed by atoms with E-state index in [1.54, 1.807) is 18.1 Å². The van der Waals surface area contributed by atoms with Crippen molar-refractivity contribution in [3.8, 4) is 0 Å². The molecule has 2 aliphatic heterocycles. The first-order valence-electron chi connectivity index (χ1n) is 8.62. The van der Waals surface area contributed by atoms with Crippen molar-refractivity contribution in [3.05, 3.63) is 29.7 Å². The Morgan fingerprint density at radius 2 is 2.32 bits per heavy atom. The number of carbonyl (C=O) groups excluding carboxylic acids is 1. The number of piperidine rings is 1. The Balaban J connectivity index is 1.58. The lowest BCUT2D eigenvalue weighted by Crippen LogP contribution is -2.47. The molecule has 0 saturated carbocycles. The second-order valence-corrected chi connectivity index (χ2v) is 7.49. The molecule has 4 rings (SSSR count). The van der Waals surface area contributed by atoms with Crippen molar-refractivity contribution in [1.82, 2.24) is 25.2 Å². The highest BCUT2D eigenvalue weighted by Gasteiger charge is 2.27. The van der Waals surface area contributed by atoms with Crippen LogP contribution in [0.4, 0.5) is 5.82 Å². The molecule has 0 aliphatic carbocycles. The van der Waals surface area contributed by atoms with Gasteiger partial charge in [-0.25, -0.2) is 9.97 Å². The molecule has 0 radical (unpaired) electrons. The standard InChI is InChI=1S/C17H22N6OS/c1-18-12-3-2-6-23(9-12)17(24)14-10-22(7-8-25-14)16-13-4-5-19-15(13)20-11-21-16/h4-5,10-12,18H,2-3,6-9H2,1H3,(H,19,20,21)/t12-/m0/s1. The molecule has 2 aliphatic rings. The maximum atomic E-state index is 12.9. The Bertz CT molecular complexity index is 803. The number of hydrogen-bond acceptors (Lipinski definition) is 6. The van der Waals surface area contributed by atoms with Crippen LogP contribution in [0.15, 0.2) is 29.7 Å². The van der Waals surface area contributed by atoms with Crippen molar-refractivity contribution in [2.24, 2.45) is 0 Å². The van der Waals surface area contributed by atoms with Gasteiger partial charge in [-0.15, -0.1) is 11.8 Å². The summed E-state index contributed by atoms with van der Waals surface area (Å²) < 4.78 is 0. The Labute approximate surface area is 150 Å². The second-order valence-electron chi connectivity index (χ2n) is 6.35. The third-order valence-corrected chi connectivity index (χ3v) is 5.77. The van der Waals surface area contributed by atoms with Gasteiger partial charge in [0.05, 0.1) is 10.3 Å². The van der Waals surface area contributed by atoms with Gasteiger partial charge in [0.25, 0.3) is 5.91 Å². The summed E-state index contributed by atoms with van der Waals surface area (Å²) in [6, 6.07) is 2.37. The predicted octanol–water partition coefficient (Wildman–Crippen LogP) is 1.56. The minimum Gasteiger partial charge on any atom is -0.346 e. The number of H-pyrrole nitrogens is 1. The lowest BCUT2D eigenvalue weighted by molar-refractivity contribution is -0.127. The average molecular weight is 358 g/mol. The quantitative estimate of drug-likeness (QED) is 0.867. The van der Waals surface area contributed by atoms with Gasteiger partial charge in [-0.3, -0.25) is 4.79 Å². The number of aromatic nitrogens is 3. The van der Waals surface area contributed by atoms with Gasteiger partial charge in [-0.2, -0.15) is 0 Å². The fourth-order valence-corrected chi connectivity index (χ4v) is 4.38. The summed E-state index contributed by atoms with van der Waals surface area (Å²) in [6.45, 7) is 2.45. The number of amides is 1. The summed E-state index contributed by atoms with van der Waals surface area (Å²) in [5.41, 5.74) is 0.817. The number of anilines is 1. The van der Waals surface area contributed by atoms with Crippen LogP contribution in [0.3, 0.4) is 0 Å².